The summed E-state index contributed by atoms with van der Waals surface area (Å²) in [5.41, 5.74) is 5.55. The quantitative estimate of drug-likeness (QED) is 0.169. The van der Waals surface area contributed by atoms with Crippen LogP contribution in [0.5, 0.6) is 0 Å². The number of hydrogen-bond donors (Lipinski definition) is 2. The second-order valence-electron chi connectivity index (χ2n) is 2.82. The Morgan fingerprint density at radius 2 is 2.00 bits per heavy atom. The van der Waals surface area contributed by atoms with Crippen molar-refractivity contribution in [1.82, 2.24) is 4.67 Å². The second-order valence-corrected chi connectivity index (χ2v) is 5.52. The van der Waals surface area contributed by atoms with Gasteiger partial charge in [-0.15, -0.1) is 28.4 Å². The molecule has 0 bridgehead atoms. The molecule has 0 saturated heterocycles. The maximum Gasteiger partial charge on any atom is 0.340 e. The molecular weight excluding hydrogens is 276 g/mol. The van der Waals surface area contributed by atoms with Gasteiger partial charge in [0.1, 0.15) is 0 Å². The van der Waals surface area contributed by atoms with Crippen molar-refractivity contribution in [3.05, 3.63) is 0 Å². The number of rotatable bonds is 9. The highest BCUT2D eigenvalue weighted by Gasteiger charge is 2.25. The van der Waals surface area contributed by atoms with Crippen molar-refractivity contribution in [2.24, 2.45) is 10.7 Å². The molecule has 0 aromatic rings. The highest BCUT2D eigenvalue weighted by Crippen LogP contribution is 2.42. The summed E-state index contributed by atoms with van der Waals surface area (Å²) in [6.07, 6.45) is 1.56. The molecule has 0 fully saturated rings. The Hall–Kier alpha value is 0.160. The molecule has 0 radical (unpaired) electrons. The van der Waals surface area contributed by atoms with E-state index in [-0.39, 0.29) is 6.61 Å². The average Bonchev–Trinajstić information content (AvgIpc) is 2.24. The Bertz CT molecular complexity index is 249. The Morgan fingerprint density at radius 3 is 2.44 bits per heavy atom. The summed E-state index contributed by atoms with van der Waals surface area (Å²) >= 11 is 11.1. The summed E-state index contributed by atoms with van der Waals surface area (Å²) in [5, 5.41) is 10.9. The molecule has 0 heterocycles. The van der Waals surface area contributed by atoms with E-state index in [0.29, 0.717) is 31.3 Å². The van der Waals surface area contributed by atoms with Crippen LogP contribution in [0.3, 0.4) is 0 Å². The molecule has 1 atom stereocenters. The first-order valence-corrected chi connectivity index (χ1v) is 7.36. The van der Waals surface area contributed by atoms with Gasteiger partial charge in [0, 0.05) is 37.5 Å². The van der Waals surface area contributed by atoms with Crippen LogP contribution in [0.1, 0.15) is 6.42 Å². The molecule has 0 amide bonds. The van der Waals surface area contributed by atoms with Crippen LogP contribution < -0.4 is 5.50 Å². The molecule has 96 valence electrons. The fourth-order valence-electron chi connectivity index (χ4n) is 0.961. The van der Waals surface area contributed by atoms with Crippen LogP contribution in [0.4, 0.5) is 0 Å². The van der Waals surface area contributed by atoms with Gasteiger partial charge in [-0.25, -0.2) is 10.2 Å². The molecule has 0 aliphatic carbocycles. The molecule has 0 aromatic carbocycles. The topological polar surface area (TPSA) is 88.2 Å². The van der Waals surface area contributed by atoms with Crippen molar-refractivity contribution in [2.45, 2.75) is 6.42 Å². The molecule has 6 nitrogen and oxygen atoms in total. The summed E-state index contributed by atoms with van der Waals surface area (Å²) in [6.45, 7) is 0.797. The maximum atomic E-state index is 11.9. The third kappa shape index (κ3) is 6.68. The third-order valence-corrected chi connectivity index (χ3v) is 3.76. The van der Waals surface area contributed by atoms with Gasteiger partial charge in [0.25, 0.3) is 0 Å². The molecule has 16 heavy (non-hydrogen) atoms. The minimum atomic E-state index is -3.35. The van der Waals surface area contributed by atoms with Crippen LogP contribution in [-0.2, 0) is 9.09 Å². The molecule has 0 aromatic heterocycles. The number of alkyl halides is 2. The lowest BCUT2D eigenvalue weighted by molar-refractivity contribution is 0.271. The van der Waals surface area contributed by atoms with Crippen molar-refractivity contribution in [3.63, 3.8) is 0 Å². The Kier molecular flexibility index (Phi) is 9.31. The molecule has 0 spiro atoms. The zero-order chi connectivity index (χ0) is 12.4. The first kappa shape index (κ1) is 16.2. The SMILES string of the molecule is NP(=O)(OCCC=NO)N(CCCl)CCCl. The monoisotopic (exact) mass is 291 g/mol. The largest absolute Gasteiger partial charge is 0.411 e. The maximum absolute atomic E-state index is 11.9. The highest BCUT2D eigenvalue weighted by molar-refractivity contribution is 7.53. The first-order chi connectivity index (χ1) is 7.58. The number of hydrogen-bond acceptors (Lipinski definition) is 4. The van der Waals surface area contributed by atoms with Crippen molar-refractivity contribution in [3.8, 4) is 0 Å². The van der Waals surface area contributed by atoms with Crippen molar-refractivity contribution in [1.29, 1.82) is 0 Å². The van der Waals surface area contributed by atoms with Gasteiger partial charge in [0.2, 0.25) is 0 Å². The van der Waals surface area contributed by atoms with Crippen LogP contribution in [0.15, 0.2) is 5.16 Å². The number of halogens is 2. The predicted octanol–water partition coefficient (Wildman–Crippen LogP) is 1.70. The van der Waals surface area contributed by atoms with E-state index >= 15 is 0 Å². The van der Waals surface area contributed by atoms with E-state index in [0.717, 1.165) is 0 Å². The van der Waals surface area contributed by atoms with E-state index < -0.39 is 7.67 Å². The van der Waals surface area contributed by atoms with Gasteiger partial charge in [-0.3, -0.25) is 4.57 Å². The van der Waals surface area contributed by atoms with Gasteiger partial charge < -0.3 is 9.73 Å². The summed E-state index contributed by atoms with van der Waals surface area (Å²) in [7, 11) is -3.35. The lowest BCUT2D eigenvalue weighted by Crippen LogP contribution is -2.29. The van der Waals surface area contributed by atoms with Gasteiger partial charge in [-0.2, -0.15) is 0 Å². The van der Waals surface area contributed by atoms with E-state index in [4.69, 9.17) is 38.4 Å². The molecular formula is C7H16Cl2N3O3P. The molecule has 0 aliphatic rings. The van der Waals surface area contributed by atoms with E-state index in [1.807, 2.05) is 0 Å². The minimum Gasteiger partial charge on any atom is -0.411 e. The average molecular weight is 292 g/mol. The second kappa shape index (κ2) is 9.22. The lowest BCUT2D eigenvalue weighted by atomic mass is 10.5. The molecule has 1 unspecified atom stereocenters. The number of nitrogens with two attached hydrogens (primary N) is 1. The number of nitrogens with zero attached hydrogens (tertiary/aromatic N) is 2. The Labute approximate surface area is 105 Å². The van der Waals surface area contributed by atoms with Gasteiger partial charge in [0.15, 0.2) is 0 Å². The van der Waals surface area contributed by atoms with Crippen LogP contribution in [-0.4, -0.2) is 47.5 Å². The van der Waals surface area contributed by atoms with Crippen molar-refractivity contribution < 1.29 is 14.3 Å². The van der Waals surface area contributed by atoms with E-state index in [1.165, 1.54) is 10.9 Å². The molecule has 0 saturated carbocycles. The summed E-state index contributed by atoms with van der Waals surface area (Å²) in [4.78, 5) is 0. The predicted molar refractivity (Wildman–Crippen MR) is 65.7 cm³/mol. The van der Waals surface area contributed by atoms with Gasteiger partial charge in [-0.1, -0.05) is 0 Å². The lowest BCUT2D eigenvalue weighted by Gasteiger charge is -2.26. The minimum absolute atomic E-state index is 0.110. The van der Waals surface area contributed by atoms with Crippen LogP contribution in [0, 0.1) is 0 Å². The van der Waals surface area contributed by atoms with Gasteiger partial charge in [-0.05, 0) is 0 Å². The van der Waals surface area contributed by atoms with Gasteiger partial charge >= 0.3 is 7.67 Å². The van der Waals surface area contributed by atoms with Crippen LogP contribution in [0.25, 0.3) is 0 Å². The van der Waals surface area contributed by atoms with Crippen molar-refractivity contribution >= 4 is 37.1 Å². The zero-order valence-electron chi connectivity index (χ0n) is 8.76. The molecule has 9 heteroatoms. The Morgan fingerprint density at radius 1 is 1.44 bits per heavy atom. The Balaban J connectivity index is 4.17. The zero-order valence-corrected chi connectivity index (χ0v) is 11.2. The fraction of sp³-hybridized carbons (Fsp3) is 0.857. The third-order valence-electron chi connectivity index (χ3n) is 1.68. The van der Waals surface area contributed by atoms with E-state index in [2.05, 4.69) is 5.16 Å². The number of oxime groups is 1. The van der Waals surface area contributed by atoms with Crippen LogP contribution in [0.2, 0.25) is 0 Å². The summed E-state index contributed by atoms with van der Waals surface area (Å²) in [5.74, 6) is 0.582. The first-order valence-electron chi connectivity index (χ1n) is 4.65. The molecule has 3 N–H and O–H groups in total. The standard InChI is InChI=1S/C7H16Cl2N3O3P/c8-2-5-12(6-3-9)16(10,14)15-7-1-4-11-13/h4,13H,1-3,5-7H2,(H2,10,14). The smallest absolute Gasteiger partial charge is 0.340 e. The molecule has 0 aliphatic heterocycles. The van der Waals surface area contributed by atoms with Gasteiger partial charge in [0.05, 0.1) is 6.61 Å². The summed E-state index contributed by atoms with van der Waals surface area (Å²) < 4.78 is 18.4. The van der Waals surface area contributed by atoms with Crippen molar-refractivity contribution in [2.75, 3.05) is 31.5 Å². The molecule has 0 rings (SSSR count). The fourth-order valence-corrected chi connectivity index (χ4v) is 2.89. The van der Waals surface area contributed by atoms with Crippen LogP contribution >= 0.6 is 30.9 Å². The van der Waals surface area contributed by atoms with E-state index in [9.17, 15) is 4.57 Å². The van der Waals surface area contributed by atoms with E-state index in [1.54, 1.807) is 0 Å². The summed E-state index contributed by atoms with van der Waals surface area (Å²) in [6, 6.07) is 0. The normalized spacial score (nSPS) is 15.8. The highest BCUT2D eigenvalue weighted by atomic mass is 35.5.